The Balaban J connectivity index is 1.31. The minimum Gasteiger partial charge on any atom is -0.309 e. The van der Waals surface area contributed by atoms with Crippen LogP contribution in [0.1, 0.15) is 25.0 Å². The molecule has 0 fully saturated rings. The molecule has 256 valence electrons. The fourth-order valence-electron chi connectivity index (χ4n) is 8.82. The summed E-state index contributed by atoms with van der Waals surface area (Å²) in [6, 6.07) is 73.6. The van der Waals surface area contributed by atoms with Crippen molar-refractivity contribution in [1.82, 2.24) is 0 Å². The van der Waals surface area contributed by atoms with E-state index in [0.29, 0.717) is 0 Å². The van der Waals surface area contributed by atoms with Crippen LogP contribution in [0.4, 0.5) is 17.1 Å². The monoisotopic (exact) mass is 689 g/mol. The Morgan fingerprint density at radius 2 is 0.889 bits per heavy atom. The van der Waals surface area contributed by atoms with Gasteiger partial charge in [0.25, 0.3) is 0 Å². The number of nitrogens with zero attached hydrogens (tertiary/aromatic N) is 1. The summed E-state index contributed by atoms with van der Waals surface area (Å²) in [5.74, 6) is 0. The van der Waals surface area contributed by atoms with Crippen LogP contribution in [0.5, 0.6) is 0 Å². The van der Waals surface area contributed by atoms with Crippen molar-refractivity contribution in [3.05, 3.63) is 211 Å². The van der Waals surface area contributed by atoms with Crippen LogP contribution >= 0.6 is 0 Å². The molecule has 0 radical (unpaired) electrons. The number of hydrogen-bond acceptors (Lipinski definition) is 1. The van der Waals surface area contributed by atoms with Crippen molar-refractivity contribution >= 4 is 38.6 Å². The first-order valence-electron chi connectivity index (χ1n) is 18.9. The van der Waals surface area contributed by atoms with E-state index in [2.05, 4.69) is 219 Å². The highest BCUT2D eigenvalue weighted by Gasteiger charge is 2.37. The first kappa shape index (κ1) is 32.0. The van der Waals surface area contributed by atoms with Crippen LogP contribution < -0.4 is 4.90 Å². The van der Waals surface area contributed by atoms with Crippen LogP contribution in [0.15, 0.2) is 200 Å². The molecule has 0 heterocycles. The van der Waals surface area contributed by atoms with Gasteiger partial charge in [-0.3, -0.25) is 0 Å². The predicted octanol–water partition coefficient (Wildman–Crippen LogP) is 14.8. The zero-order chi connectivity index (χ0) is 36.2. The fourth-order valence-corrected chi connectivity index (χ4v) is 8.82. The van der Waals surface area contributed by atoms with Crippen LogP contribution in [0.3, 0.4) is 0 Å². The molecule has 1 aliphatic rings. The van der Waals surface area contributed by atoms with Gasteiger partial charge in [0, 0.05) is 22.2 Å². The van der Waals surface area contributed by atoms with Gasteiger partial charge in [0.05, 0.1) is 11.4 Å². The van der Waals surface area contributed by atoms with Crippen LogP contribution in [0, 0.1) is 0 Å². The Bertz CT molecular complexity index is 2860. The van der Waals surface area contributed by atoms with Crippen molar-refractivity contribution in [1.29, 1.82) is 0 Å². The Hall–Kier alpha value is -6.70. The third kappa shape index (κ3) is 5.16. The van der Waals surface area contributed by atoms with Crippen molar-refractivity contribution in [2.24, 2.45) is 0 Å². The van der Waals surface area contributed by atoms with Gasteiger partial charge in [0.1, 0.15) is 0 Å². The van der Waals surface area contributed by atoms with Crippen LogP contribution in [0.2, 0.25) is 0 Å². The van der Waals surface area contributed by atoms with Crippen LogP contribution in [-0.4, -0.2) is 0 Å². The van der Waals surface area contributed by atoms with E-state index in [1.54, 1.807) is 0 Å². The molecule has 0 N–H and O–H groups in total. The van der Waals surface area contributed by atoms with E-state index >= 15 is 0 Å². The van der Waals surface area contributed by atoms with Crippen molar-refractivity contribution < 1.29 is 0 Å². The third-order valence-electron chi connectivity index (χ3n) is 11.4. The zero-order valence-electron chi connectivity index (χ0n) is 30.5. The summed E-state index contributed by atoms with van der Waals surface area (Å²) in [6.07, 6.45) is 0. The molecular formula is C53H39N. The lowest BCUT2D eigenvalue weighted by molar-refractivity contribution is 0.660. The van der Waals surface area contributed by atoms with Gasteiger partial charge < -0.3 is 4.90 Å². The molecule has 1 aliphatic carbocycles. The minimum atomic E-state index is -0.121. The molecule has 0 saturated carbocycles. The molecule has 0 aromatic heterocycles. The van der Waals surface area contributed by atoms with Crippen LogP contribution in [0.25, 0.3) is 66.1 Å². The average molecular weight is 690 g/mol. The molecule has 1 nitrogen and oxygen atoms in total. The summed E-state index contributed by atoms with van der Waals surface area (Å²) in [5, 5.41) is 4.90. The number of fused-ring (bicyclic) bond motifs is 5. The first-order valence-corrected chi connectivity index (χ1v) is 18.9. The predicted molar refractivity (Wildman–Crippen MR) is 230 cm³/mol. The maximum absolute atomic E-state index is 2.50. The van der Waals surface area contributed by atoms with E-state index in [1.807, 2.05) is 0 Å². The van der Waals surface area contributed by atoms with Crippen molar-refractivity contribution in [2.75, 3.05) is 4.90 Å². The molecule has 1 heteroatoms. The van der Waals surface area contributed by atoms with Gasteiger partial charge in [0.15, 0.2) is 0 Å². The Kier molecular flexibility index (Phi) is 7.56. The third-order valence-corrected chi connectivity index (χ3v) is 11.4. The maximum atomic E-state index is 2.50. The molecule has 0 saturated heterocycles. The van der Waals surface area contributed by atoms with E-state index < -0.39 is 0 Å². The van der Waals surface area contributed by atoms with Gasteiger partial charge in [-0.25, -0.2) is 0 Å². The molecule has 0 amide bonds. The fraction of sp³-hybridized carbons (Fsp3) is 0.0566. The Labute approximate surface area is 317 Å². The normalized spacial score (nSPS) is 12.8. The van der Waals surface area contributed by atoms with Gasteiger partial charge in [-0.15, -0.1) is 0 Å². The highest BCUT2D eigenvalue weighted by molar-refractivity contribution is 6.05. The summed E-state index contributed by atoms with van der Waals surface area (Å²) >= 11 is 0. The lowest BCUT2D eigenvalue weighted by Crippen LogP contribution is -2.15. The molecule has 9 aromatic rings. The number of hydrogen-bond donors (Lipinski definition) is 0. The van der Waals surface area contributed by atoms with E-state index in [1.165, 1.54) is 77.2 Å². The van der Waals surface area contributed by atoms with Gasteiger partial charge >= 0.3 is 0 Å². The second-order valence-electron chi connectivity index (χ2n) is 14.9. The van der Waals surface area contributed by atoms with Gasteiger partial charge in [-0.1, -0.05) is 184 Å². The maximum Gasteiger partial charge on any atom is 0.0546 e. The number of rotatable bonds is 6. The molecule has 0 aliphatic heterocycles. The summed E-state index contributed by atoms with van der Waals surface area (Å²) in [6.45, 7) is 4.74. The highest BCUT2D eigenvalue weighted by atomic mass is 15.1. The minimum absolute atomic E-state index is 0.121. The van der Waals surface area contributed by atoms with E-state index in [0.717, 1.165) is 17.1 Å². The second-order valence-corrected chi connectivity index (χ2v) is 14.9. The summed E-state index contributed by atoms with van der Waals surface area (Å²) in [7, 11) is 0. The van der Waals surface area contributed by atoms with Crippen molar-refractivity contribution in [3.63, 3.8) is 0 Å². The topological polar surface area (TPSA) is 3.24 Å². The summed E-state index contributed by atoms with van der Waals surface area (Å²) in [4.78, 5) is 2.50. The molecule has 0 unspecified atom stereocenters. The standard InChI is InChI=1S/C53H39N/c1-53(2)47-26-12-10-23-45(47)51-46(25-14-27-48(51)53)52-44(38-18-4-3-5-19-38)24-15-29-50(52)54(42-33-32-37-17-7-9-21-40(37)35-42)49-28-13-11-22-43(49)41-31-30-36-16-6-8-20-39(36)34-41/h3-35H,1-2H3. The molecular weight excluding hydrogens is 651 g/mol. The lowest BCUT2D eigenvalue weighted by Gasteiger charge is -2.32. The quantitative estimate of drug-likeness (QED) is 0.168. The lowest BCUT2D eigenvalue weighted by atomic mass is 9.81. The van der Waals surface area contributed by atoms with Gasteiger partial charge in [-0.2, -0.15) is 0 Å². The number of anilines is 3. The smallest absolute Gasteiger partial charge is 0.0546 e. The molecule has 0 bridgehead atoms. The molecule has 54 heavy (non-hydrogen) atoms. The molecule has 10 rings (SSSR count). The zero-order valence-corrected chi connectivity index (χ0v) is 30.5. The summed E-state index contributed by atoms with van der Waals surface area (Å²) < 4.78 is 0. The van der Waals surface area contributed by atoms with E-state index in [4.69, 9.17) is 0 Å². The van der Waals surface area contributed by atoms with E-state index in [9.17, 15) is 0 Å². The first-order chi connectivity index (χ1) is 26.6. The number of benzene rings is 9. The largest absolute Gasteiger partial charge is 0.309 e. The van der Waals surface area contributed by atoms with Crippen molar-refractivity contribution in [3.8, 4) is 44.5 Å². The SMILES string of the molecule is CC1(C)c2ccccc2-c2c(-c3c(-c4ccccc4)cccc3N(c3ccc4ccccc4c3)c3ccccc3-c3ccc4ccccc4c3)cccc21. The number of para-hydroxylation sites is 1. The highest BCUT2D eigenvalue weighted by Crippen LogP contribution is 2.56. The van der Waals surface area contributed by atoms with Crippen molar-refractivity contribution in [2.45, 2.75) is 19.3 Å². The van der Waals surface area contributed by atoms with Crippen LogP contribution in [-0.2, 0) is 5.41 Å². The van der Waals surface area contributed by atoms with Gasteiger partial charge in [0.2, 0.25) is 0 Å². The van der Waals surface area contributed by atoms with Gasteiger partial charge in [-0.05, 0) is 96.4 Å². The van der Waals surface area contributed by atoms with E-state index in [-0.39, 0.29) is 5.41 Å². The second kappa shape index (κ2) is 12.8. The molecule has 0 atom stereocenters. The molecule has 9 aromatic carbocycles. The average Bonchev–Trinajstić information content (AvgIpc) is 3.47. The Morgan fingerprint density at radius 1 is 0.333 bits per heavy atom. The Morgan fingerprint density at radius 3 is 1.69 bits per heavy atom. The summed E-state index contributed by atoms with van der Waals surface area (Å²) in [5.41, 5.74) is 15.9. The molecule has 0 spiro atoms.